The minimum absolute atomic E-state index is 0.0403. The van der Waals surface area contributed by atoms with Gasteiger partial charge in [-0.15, -0.1) is 0 Å². The maximum Gasteiger partial charge on any atom is 0.416 e. The molecule has 1 saturated heterocycles. The van der Waals surface area contributed by atoms with Gasteiger partial charge < -0.3 is 14.7 Å². The zero-order valence-electron chi connectivity index (χ0n) is 23.3. The van der Waals surface area contributed by atoms with E-state index in [1.54, 1.807) is 39.0 Å². The van der Waals surface area contributed by atoms with E-state index in [4.69, 9.17) is 16.3 Å². The van der Waals surface area contributed by atoms with Crippen LogP contribution >= 0.6 is 22.9 Å². The van der Waals surface area contributed by atoms with Crippen LogP contribution in [-0.4, -0.2) is 51.2 Å². The Balaban J connectivity index is 1.60. The van der Waals surface area contributed by atoms with E-state index in [1.165, 1.54) is 23.2 Å². The summed E-state index contributed by atoms with van der Waals surface area (Å²) in [5.41, 5.74) is -1.05. The number of hydrogen-bond donors (Lipinski definition) is 1. The van der Waals surface area contributed by atoms with Crippen LogP contribution in [0.5, 0.6) is 5.88 Å². The van der Waals surface area contributed by atoms with E-state index in [1.807, 2.05) is 0 Å². The Labute approximate surface area is 252 Å². The largest absolute Gasteiger partial charge is 0.493 e. The highest BCUT2D eigenvalue weighted by molar-refractivity contribution is 7.10. The number of hydrogen-bond acceptors (Lipinski definition) is 7. The first kappa shape index (κ1) is 30.7. The van der Waals surface area contributed by atoms with Crippen LogP contribution < -0.4 is 15.4 Å². The van der Waals surface area contributed by atoms with Gasteiger partial charge in [-0.1, -0.05) is 35.1 Å². The number of fused-ring (bicyclic) bond motifs is 1. The van der Waals surface area contributed by atoms with Crippen molar-refractivity contribution < 1.29 is 32.2 Å². The molecule has 8 nitrogen and oxygen atoms in total. The van der Waals surface area contributed by atoms with Crippen LogP contribution in [0.25, 0.3) is 5.57 Å². The first-order valence-corrected chi connectivity index (χ1v) is 14.5. The molecule has 0 spiro atoms. The van der Waals surface area contributed by atoms with Gasteiger partial charge in [0.25, 0.3) is 0 Å². The van der Waals surface area contributed by atoms with Gasteiger partial charge in [0, 0.05) is 23.4 Å². The van der Waals surface area contributed by atoms with Crippen molar-refractivity contribution in [1.82, 2.24) is 9.47 Å². The fraction of sp³-hybridized carbons (Fsp3) is 0.379. The first-order chi connectivity index (χ1) is 20.1. The molecule has 1 aromatic heterocycles. The molecule has 228 valence electrons. The van der Waals surface area contributed by atoms with Gasteiger partial charge in [-0.25, -0.2) is 9.18 Å². The lowest BCUT2D eigenvalue weighted by atomic mass is 9.96. The minimum Gasteiger partial charge on any atom is -0.493 e. The SMILES string of the molecule is CC(C)(C)OC(=O)N1C[C@H](F)C[C@H]1Cn1c(O)c(C(Cc2ccc(Cl)cc2C(F)(F)F)=c2ccc3c(c2)C=NN=3)sc1=O. The third kappa shape index (κ3) is 6.62. The van der Waals surface area contributed by atoms with Gasteiger partial charge in [0.1, 0.15) is 11.8 Å². The monoisotopic (exact) mass is 638 g/mol. The van der Waals surface area contributed by atoms with Crippen molar-refractivity contribution in [2.45, 2.75) is 64.1 Å². The number of alkyl halides is 4. The lowest BCUT2D eigenvalue weighted by molar-refractivity contribution is -0.138. The minimum atomic E-state index is -4.72. The van der Waals surface area contributed by atoms with Crippen molar-refractivity contribution in [3.05, 3.63) is 83.2 Å². The summed E-state index contributed by atoms with van der Waals surface area (Å²) in [7, 11) is 0. The Morgan fingerprint density at radius 3 is 2.63 bits per heavy atom. The molecule has 3 aromatic rings. The number of halogens is 5. The molecule has 0 saturated carbocycles. The number of aromatic hydroxyl groups is 1. The summed E-state index contributed by atoms with van der Waals surface area (Å²) in [5.74, 6) is -0.502. The predicted octanol–water partition coefficient (Wildman–Crippen LogP) is 5.04. The van der Waals surface area contributed by atoms with E-state index in [0.29, 0.717) is 27.5 Å². The van der Waals surface area contributed by atoms with E-state index < -0.39 is 46.4 Å². The molecule has 14 heteroatoms. The lowest BCUT2D eigenvalue weighted by Crippen LogP contribution is -2.42. The van der Waals surface area contributed by atoms with Crippen LogP contribution in [0.1, 0.15) is 48.8 Å². The lowest BCUT2D eigenvalue weighted by Gasteiger charge is -2.28. The van der Waals surface area contributed by atoms with Crippen LogP contribution in [0.15, 0.2) is 51.4 Å². The number of likely N-dealkylation sites (tertiary alicyclic amines) is 1. The van der Waals surface area contributed by atoms with E-state index in [2.05, 4.69) is 10.2 Å². The zero-order valence-corrected chi connectivity index (χ0v) is 24.9. The summed E-state index contributed by atoms with van der Waals surface area (Å²) < 4.78 is 62.9. The molecule has 0 bridgehead atoms. The Morgan fingerprint density at radius 2 is 1.93 bits per heavy atom. The maximum atomic E-state index is 14.5. The second-order valence-electron chi connectivity index (χ2n) is 11.3. The van der Waals surface area contributed by atoms with Crippen molar-refractivity contribution >= 4 is 40.8 Å². The van der Waals surface area contributed by atoms with Crippen LogP contribution in [0.2, 0.25) is 5.02 Å². The van der Waals surface area contributed by atoms with Crippen molar-refractivity contribution in [3.63, 3.8) is 0 Å². The molecule has 0 aliphatic carbocycles. The predicted molar refractivity (Wildman–Crippen MR) is 154 cm³/mol. The zero-order chi connectivity index (χ0) is 31.3. The molecular weight excluding hydrogens is 612 g/mol. The summed E-state index contributed by atoms with van der Waals surface area (Å²) >= 11 is 6.53. The highest BCUT2D eigenvalue weighted by atomic mass is 35.5. The van der Waals surface area contributed by atoms with Gasteiger partial charge in [0.15, 0.2) is 0 Å². The third-order valence-corrected chi connectivity index (χ3v) is 8.27. The van der Waals surface area contributed by atoms with Gasteiger partial charge in [0.2, 0.25) is 5.88 Å². The summed E-state index contributed by atoms with van der Waals surface area (Å²) in [5, 5.41) is 20.1. The standard InChI is InChI=1S/C29H27ClF4N4O4S/c1-28(2,3)42-26(40)37-13-19(31)11-20(37)14-38-25(39)24(43-27(38)41)21(15-5-7-23-17(8-15)12-35-36-23)9-16-4-6-18(30)10-22(16)29(32,33)34/h4-8,10,12,19-20,39H,9,11,13-14H2,1-3H3/t19-,20+/m1/s1. The number of carbonyl (C=O) groups is 1. The van der Waals surface area contributed by atoms with Crippen molar-refractivity contribution in [1.29, 1.82) is 0 Å². The molecular formula is C29H27ClF4N4O4S. The normalized spacial score (nSPS) is 18.9. The summed E-state index contributed by atoms with van der Waals surface area (Å²) in [6, 6.07) is 7.55. The molecule has 3 heterocycles. The molecule has 43 heavy (non-hydrogen) atoms. The van der Waals surface area contributed by atoms with Crippen LogP contribution in [0, 0.1) is 0 Å². The first-order valence-electron chi connectivity index (χ1n) is 13.3. The number of ether oxygens (including phenoxy) is 1. The molecule has 2 aromatic carbocycles. The average molecular weight is 639 g/mol. The number of nitrogens with zero attached hydrogens (tertiary/aromatic N) is 4. The Morgan fingerprint density at radius 1 is 1.19 bits per heavy atom. The Bertz CT molecular complexity index is 1800. The maximum absolute atomic E-state index is 14.5. The second-order valence-corrected chi connectivity index (χ2v) is 12.7. The van der Waals surface area contributed by atoms with E-state index in [0.717, 1.165) is 10.6 Å². The number of benzene rings is 2. The fourth-order valence-electron chi connectivity index (χ4n) is 5.10. The molecule has 2 aliphatic rings. The summed E-state index contributed by atoms with van der Waals surface area (Å²) in [4.78, 5) is 26.6. The molecule has 0 unspecified atom stereocenters. The highest BCUT2D eigenvalue weighted by Crippen LogP contribution is 2.37. The number of carbonyl (C=O) groups excluding carboxylic acids is 1. The van der Waals surface area contributed by atoms with Gasteiger partial charge in [0.05, 0.1) is 41.1 Å². The topological polar surface area (TPSA) is 96.5 Å². The number of thiazole rings is 1. The number of aromatic nitrogens is 1. The van der Waals surface area contributed by atoms with Crippen molar-refractivity contribution in [2.24, 2.45) is 10.2 Å². The van der Waals surface area contributed by atoms with E-state index >= 15 is 0 Å². The molecule has 5 rings (SSSR count). The van der Waals surface area contributed by atoms with E-state index in [-0.39, 0.29) is 47.0 Å². The third-order valence-electron chi connectivity index (χ3n) is 7.01. The molecule has 1 amide bonds. The molecule has 2 atom stereocenters. The van der Waals surface area contributed by atoms with Gasteiger partial charge in [-0.2, -0.15) is 23.4 Å². The molecule has 1 N–H and O–H groups in total. The average Bonchev–Trinajstić information content (AvgIpc) is 3.60. The Hall–Kier alpha value is -3.71. The number of rotatable bonds is 5. The van der Waals surface area contributed by atoms with Gasteiger partial charge >= 0.3 is 17.1 Å². The van der Waals surface area contributed by atoms with Gasteiger partial charge in [-0.05, 0) is 61.4 Å². The molecule has 0 radical (unpaired) electrons. The molecule has 1 fully saturated rings. The highest BCUT2D eigenvalue weighted by Gasteiger charge is 2.39. The smallest absolute Gasteiger partial charge is 0.416 e. The van der Waals surface area contributed by atoms with Crippen LogP contribution in [0.4, 0.5) is 22.4 Å². The fourth-order valence-corrected chi connectivity index (χ4v) is 6.24. The molecule has 2 aliphatic heterocycles. The van der Waals surface area contributed by atoms with Crippen LogP contribution in [-0.2, 0) is 23.9 Å². The van der Waals surface area contributed by atoms with E-state index in [9.17, 15) is 32.3 Å². The van der Waals surface area contributed by atoms with Crippen molar-refractivity contribution in [2.75, 3.05) is 6.54 Å². The number of amides is 1. The quantitative estimate of drug-likeness (QED) is 0.396. The summed E-state index contributed by atoms with van der Waals surface area (Å²) in [6.45, 7) is 4.54. The van der Waals surface area contributed by atoms with Crippen LogP contribution in [0.3, 0.4) is 0 Å². The Kier molecular flexibility index (Phi) is 8.16. The summed E-state index contributed by atoms with van der Waals surface area (Å²) in [6.07, 6.45) is -5.73. The van der Waals surface area contributed by atoms with Gasteiger partial charge in [-0.3, -0.25) is 9.36 Å². The second kappa shape index (κ2) is 11.4. The van der Waals surface area contributed by atoms with Crippen molar-refractivity contribution in [3.8, 4) is 5.88 Å².